The van der Waals surface area contributed by atoms with Crippen LogP contribution in [0.3, 0.4) is 0 Å². The molecule has 0 bridgehead atoms. The zero-order valence-electron chi connectivity index (χ0n) is 11.3. The fourth-order valence-electron chi connectivity index (χ4n) is 2.55. The molecule has 3 unspecified atom stereocenters. The third kappa shape index (κ3) is 3.26. The van der Waals surface area contributed by atoms with Crippen LogP contribution in [-0.2, 0) is 4.74 Å². The van der Waals surface area contributed by atoms with Crippen LogP contribution in [-0.4, -0.2) is 36.7 Å². The van der Waals surface area contributed by atoms with Crippen molar-refractivity contribution in [1.82, 2.24) is 4.90 Å². The van der Waals surface area contributed by atoms with Crippen LogP contribution in [0.2, 0.25) is 5.02 Å². The largest absolute Gasteiger partial charge is 0.376 e. The monoisotopic (exact) mass is 286 g/mol. The Balaban J connectivity index is 2.25. The zero-order chi connectivity index (χ0) is 14.0. The Morgan fingerprint density at radius 2 is 2.26 bits per heavy atom. The molecule has 1 saturated heterocycles. The normalized spacial score (nSPS) is 26.4. The van der Waals surface area contributed by atoms with Gasteiger partial charge in [-0.25, -0.2) is 4.39 Å². The minimum Gasteiger partial charge on any atom is -0.376 e. The van der Waals surface area contributed by atoms with Crippen molar-refractivity contribution in [3.63, 3.8) is 0 Å². The number of morpholine rings is 1. The van der Waals surface area contributed by atoms with Gasteiger partial charge < -0.3 is 10.5 Å². The van der Waals surface area contributed by atoms with Crippen molar-refractivity contribution in [2.75, 3.05) is 19.7 Å². The molecule has 2 rings (SSSR count). The molecule has 3 atom stereocenters. The molecule has 19 heavy (non-hydrogen) atoms. The maximum absolute atomic E-state index is 13.3. The van der Waals surface area contributed by atoms with Gasteiger partial charge in [0.2, 0.25) is 0 Å². The third-order valence-corrected chi connectivity index (χ3v) is 3.90. The molecule has 5 heteroatoms. The standard InChI is InChI=1S/C14H20ClFN2O/c1-9-8-19-10(2)7-18(9)14(6-17)11-3-4-13(16)12(15)5-11/h3-5,9-10,14H,6-8,17H2,1-2H3. The average molecular weight is 287 g/mol. The van der Waals surface area contributed by atoms with Crippen LogP contribution >= 0.6 is 11.6 Å². The van der Waals surface area contributed by atoms with E-state index in [0.717, 1.165) is 12.1 Å². The van der Waals surface area contributed by atoms with Crippen molar-refractivity contribution >= 4 is 11.6 Å². The lowest BCUT2D eigenvalue weighted by Gasteiger charge is -2.41. The van der Waals surface area contributed by atoms with E-state index in [9.17, 15) is 4.39 Å². The number of ether oxygens (including phenoxy) is 1. The van der Waals surface area contributed by atoms with Gasteiger partial charge in [0.15, 0.2) is 0 Å². The van der Waals surface area contributed by atoms with Gasteiger partial charge in [0.05, 0.1) is 17.7 Å². The van der Waals surface area contributed by atoms with Crippen LogP contribution in [0.25, 0.3) is 0 Å². The highest BCUT2D eigenvalue weighted by molar-refractivity contribution is 6.30. The average Bonchev–Trinajstić information content (AvgIpc) is 2.38. The van der Waals surface area contributed by atoms with Gasteiger partial charge in [-0.1, -0.05) is 17.7 Å². The zero-order valence-corrected chi connectivity index (χ0v) is 12.0. The first-order chi connectivity index (χ1) is 9.02. The van der Waals surface area contributed by atoms with E-state index in [4.69, 9.17) is 22.1 Å². The number of nitrogens with zero attached hydrogens (tertiary/aromatic N) is 1. The molecule has 1 aliphatic heterocycles. The second-order valence-corrected chi connectivity index (χ2v) is 5.52. The molecule has 3 nitrogen and oxygen atoms in total. The summed E-state index contributed by atoms with van der Waals surface area (Å²) in [5.41, 5.74) is 6.87. The number of benzene rings is 1. The van der Waals surface area contributed by atoms with E-state index >= 15 is 0 Å². The number of rotatable bonds is 3. The second-order valence-electron chi connectivity index (χ2n) is 5.11. The Hall–Kier alpha value is -0.680. The highest BCUT2D eigenvalue weighted by Gasteiger charge is 2.30. The molecule has 0 aromatic heterocycles. The van der Waals surface area contributed by atoms with Crippen LogP contribution in [0.1, 0.15) is 25.5 Å². The van der Waals surface area contributed by atoms with E-state index in [1.807, 2.05) is 6.92 Å². The lowest BCUT2D eigenvalue weighted by Crippen LogP contribution is -2.50. The van der Waals surface area contributed by atoms with Crippen molar-refractivity contribution in [1.29, 1.82) is 0 Å². The highest BCUT2D eigenvalue weighted by atomic mass is 35.5. The lowest BCUT2D eigenvalue weighted by molar-refractivity contribution is -0.0653. The molecule has 2 N–H and O–H groups in total. The molecule has 0 amide bonds. The van der Waals surface area contributed by atoms with Gasteiger partial charge in [-0.05, 0) is 31.5 Å². The summed E-state index contributed by atoms with van der Waals surface area (Å²) in [4.78, 5) is 2.30. The predicted octanol–water partition coefficient (Wildman–Crippen LogP) is 2.59. The van der Waals surface area contributed by atoms with Crippen LogP contribution in [0, 0.1) is 5.82 Å². The van der Waals surface area contributed by atoms with Gasteiger partial charge in [-0.15, -0.1) is 0 Å². The van der Waals surface area contributed by atoms with Crippen molar-refractivity contribution in [3.8, 4) is 0 Å². The number of halogens is 2. The van der Waals surface area contributed by atoms with Gasteiger partial charge in [0, 0.05) is 25.2 Å². The summed E-state index contributed by atoms with van der Waals surface area (Å²) in [6, 6.07) is 5.15. The molecule has 0 radical (unpaired) electrons. The summed E-state index contributed by atoms with van der Waals surface area (Å²) in [6.45, 7) is 6.13. The SMILES string of the molecule is CC1CN(C(CN)c2ccc(F)c(Cl)c2)C(C)CO1. The van der Waals surface area contributed by atoms with Gasteiger partial charge >= 0.3 is 0 Å². The molecule has 0 aliphatic carbocycles. The van der Waals surface area contributed by atoms with Crippen LogP contribution in [0.4, 0.5) is 4.39 Å². The van der Waals surface area contributed by atoms with Crippen LogP contribution < -0.4 is 5.73 Å². The van der Waals surface area contributed by atoms with Crippen molar-refractivity contribution in [2.45, 2.75) is 32.0 Å². The summed E-state index contributed by atoms with van der Waals surface area (Å²) in [5, 5.41) is 0.143. The fraction of sp³-hybridized carbons (Fsp3) is 0.571. The lowest BCUT2D eigenvalue weighted by atomic mass is 10.0. The molecular formula is C14H20ClFN2O. The summed E-state index contributed by atoms with van der Waals surface area (Å²) >= 11 is 5.86. The smallest absolute Gasteiger partial charge is 0.141 e. The maximum atomic E-state index is 13.3. The van der Waals surface area contributed by atoms with Crippen molar-refractivity contribution in [3.05, 3.63) is 34.6 Å². The van der Waals surface area contributed by atoms with Crippen LogP contribution in [0.5, 0.6) is 0 Å². The minimum absolute atomic E-state index is 0.0412. The maximum Gasteiger partial charge on any atom is 0.141 e. The predicted molar refractivity (Wildman–Crippen MR) is 74.8 cm³/mol. The fourth-order valence-corrected chi connectivity index (χ4v) is 2.73. The van der Waals surface area contributed by atoms with Crippen molar-refractivity contribution < 1.29 is 9.13 Å². The molecule has 106 valence electrons. The molecule has 0 spiro atoms. The Morgan fingerprint density at radius 3 is 2.89 bits per heavy atom. The topological polar surface area (TPSA) is 38.5 Å². The number of hydrogen-bond acceptors (Lipinski definition) is 3. The number of hydrogen-bond donors (Lipinski definition) is 1. The Morgan fingerprint density at radius 1 is 1.53 bits per heavy atom. The Bertz CT molecular complexity index is 443. The summed E-state index contributed by atoms with van der Waals surface area (Å²) < 4.78 is 18.9. The molecule has 1 aliphatic rings. The number of nitrogens with two attached hydrogens (primary N) is 1. The van der Waals surface area contributed by atoms with E-state index in [2.05, 4.69) is 11.8 Å². The van der Waals surface area contributed by atoms with E-state index in [1.165, 1.54) is 6.07 Å². The van der Waals surface area contributed by atoms with Crippen molar-refractivity contribution in [2.24, 2.45) is 5.73 Å². The Kier molecular flexibility index (Phi) is 4.79. The van der Waals surface area contributed by atoms with Gasteiger partial charge in [0.25, 0.3) is 0 Å². The summed E-state index contributed by atoms with van der Waals surface area (Å²) in [5.74, 6) is -0.399. The summed E-state index contributed by atoms with van der Waals surface area (Å²) in [6.07, 6.45) is 0.182. The first-order valence-electron chi connectivity index (χ1n) is 6.55. The van der Waals surface area contributed by atoms with Crippen LogP contribution in [0.15, 0.2) is 18.2 Å². The van der Waals surface area contributed by atoms with E-state index in [0.29, 0.717) is 13.2 Å². The molecular weight excluding hydrogens is 267 g/mol. The minimum atomic E-state index is -0.399. The second kappa shape index (κ2) is 6.18. The molecule has 1 heterocycles. The first-order valence-corrected chi connectivity index (χ1v) is 6.93. The molecule has 0 saturated carbocycles. The quantitative estimate of drug-likeness (QED) is 0.928. The van der Waals surface area contributed by atoms with Gasteiger partial charge in [-0.2, -0.15) is 0 Å². The molecule has 1 aromatic rings. The third-order valence-electron chi connectivity index (χ3n) is 3.61. The van der Waals surface area contributed by atoms with E-state index in [-0.39, 0.29) is 23.2 Å². The van der Waals surface area contributed by atoms with E-state index in [1.54, 1.807) is 12.1 Å². The Labute approximate surface area is 118 Å². The first kappa shape index (κ1) is 14.7. The van der Waals surface area contributed by atoms with Gasteiger partial charge in [-0.3, -0.25) is 4.90 Å². The molecule has 1 aromatic carbocycles. The summed E-state index contributed by atoms with van der Waals surface area (Å²) in [7, 11) is 0. The highest BCUT2D eigenvalue weighted by Crippen LogP contribution is 2.28. The van der Waals surface area contributed by atoms with E-state index < -0.39 is 5.82 Å². The van der Waals surface area contributed by atoms with Gasteiger partial charge in [0.1, 0.15) is 5.82 Å². The molecule has 1 fully saturated rings.